The molecule has 1 N–H and O–H groups in total. The molecule has 3 nitrogen and oxygen atoms in total. The zero-order valence-corrected chi connectivity index (χ0v) is 9.91. The fraction of sp³-hybridized carbons (Fsp3) is 0.0769. The molecular formula is C13H9NO2S. The van der Waals surface area contributed by atoms with E-state index >= 15 is 0 Å². The maximum atomic E-state index is 10.9. The molecule has 0 fully saturated rings. The summed E-state index contributed by atoms with van der Waals surface area (Å²) in [6.45, 7) is 1.78. The predicted molar refractivity (Wildman–Crippen MR) is 66.2 cm³/mol. The topological polar surface area (TPSA) is 61.1 Å². The average molecular weight is 243 g/mol. The summed E-state index contributed by atoms with van der Waals surface area (Å²) in [5, 5.41) is 17.8. The van der Waals surface area contributed by atoms with E-state index in [1.165, 1.54) is 11.3 Å². The summed E-state index contributed by atoms with van der Waals surface area (Å²) >= 11 is 1.42. The lowest BCUT2D eigenvalue weighted by atomic mass is 10.1. The fourth-order valence-electron chi connectivity index (χ4n) is 1.58. The Morgan fingerprint density at radius 2 is 2.18 bits per heavy atom. The molecule has 0 spiro atoms. The molecule has 0 aliphatic heterocycles. The number of carboxylic acids is 1. The Hall–Kier alpha value is -2.12. The van der Waals surface area contributed by atoms with E-state index in [0.717, 1.165) is 15.3 Å². The van der Waals surface area contributed by atoms with Gasteiger partial charge < -0.3 is 5.11 Å². The highest BCUT2D eigenvalue weighted by atomic mass is 32.1. The number of nitrogens with zero attached hydrogens (tertiary/aromatic N) is 1. The molecule has 2 rings (SSSR count). The van der Waals surface area contributed by atoms with Gasteiger partial charge in [-0.1, -0.05) is 12.1 Å². The predicted octanol–water partition coefficient (Wildman–Crippen LogP) is 3.29. The van der Waals surface area contributed by atoms with Crippen LogP contribution in [-0.2, 0) is 0 Å². The van der Waals surface area contributed by atoms with Gasteiger partial charge in [-0.05, 0) is 30.7 Å². The van der Waals surface area contributed by atoms with Gasteiger partial charge in [-0.3, -0.25) is 0 Å². The second kappa shape index (κ2) is 4.40. The molecule has 4 heteroatoms. The molecule has 0 bridgehead atoms. The standard InChI is InChI=1S/C13H9NO2S/c1-8-11(13(15)16)6-12(17-8)10-4-2-3-9(5-10)7-14/h2-6H,1H3,(H,15,16). The highest BCUT2D eigenvalue weighted by Gasteiger charge is 2.12. The quantitative estimate of drug-likeness (QED) is 0.880. The van der Waals surface area contributed by atoms with E-state index in [1.807, 2.05) is 6.07 Å². The molecule has 0 saturated heterocycles. The van der Waals surface area contributed by atoms with E-state index in [9.17, 15) is 4.79 Å². The van der Waals surface area contributed by atoms with E-state index in [0.29, 0.717) is 11.1 Å². The first-order valence-electron chi connectivity index (χ1n) is 4.96. The van der Waals surface area contributed by atoms with Crippen molar-refractivity contribution in [3.8, 4) is 16.5 Å². The smallest absolute Gasteiger partial charge is 0.336 e. The molecule has 0 amide bonds. The molecule has 17 heavy (non-hydrogen) atoms. The monoisotopic (exact) mass is 243 g/mol. The Morgan fingerprint density at radius 3 is 2.76 bits per heavy atom. The molecule has 0 aliphatic carbocycles. The van der Waals surface area contributed by atoms with E-state index in [4.69, 9.17) is 10.4 Å². The average Bonchev–Trinajstić information content (AvgIpc) is 2.71. The molecule has 84 valence electrons. The lowest BCUT2D eigenvalue weighted by Crippen LogP contribution is -1.94. The lowest BCUT2D eigenvalue weighted by molar-refractivity contribution is 0.0697. The van der Waals surface area contributed by atoms with Crippen LogP contribution in [0.4, 0.5) is 0 Å². The van der Waals surface area contributed by atoms with Crippen molar-refractivity contribution >= 4 is 17.3 Å². The number of hydrogen-bond acceptors (Lipinski definition) is 3. The minimum Gasteiger partial charge on any atom is -0.478 e. The summed E-state index contributed by atoms with van der Waals surface area (Å²) in [5.41, 5.74) is 1.78. The van der Waals surface area contributed by atoms with Crippen molar-refractivity contribution in [1.82, 2.24) is 0 Å². The van der Waals surface area contributed by atoms with Gasteiger partial charge in [0.25, 0.3) is 0 Å². The summed E-state index contributed by atoms with van der Waals surface area (Å²) in [5.74, 6) is -0.915. The van der Waals surface area contributed by atoms with Crippen molar-refractivity contribution in [2.24, 2.45) is 0 Å². The van der Waals surface area contributed by atoms with Gasteiger partial charge in [0, 0.05) is 9.75 Å². The first-order chi connectivity index (χ1) is 8.11. The Morgan fingerprint density at radius 1 is 1.41 bits per heavy atom. The minimum absolute atomic E-state index is 0.326. The zero-order valence-electron chi connectivity index (χ0n) is 9.10. The molecule has 1 aromatic heterocycles. The summed E-state index contributed by atoms with van der Waals surface area (Å²) < 4.78 is 0. The van der Waals surface area contributed by atoms with Gasteiger partial charge in [0.1, 0.15) is 0 Å². The third kappa shape index (κ3) is 2.19. The third-order valence-corrected chi connectivity index (χ3v) is 3.52. The number of aromatic carboxylic acids is 1. The summed E-state index contributed by atoms with van der Waals surface area (Å²) in [6.07, 6.45) is 0. The van der Waals surface area contributed by atoms with Gasteiger partial charge in [0.05, 0.1) is 17.2 Å². The Balaban J connectivity index is 2.50. The summed E-state index contributed by atoms with van der Waals surface area (Å²) in [6, 6.07) is 10.9. The maximum absolute atomic E-state index is 10.9. The van der Waals surface area contributed by atoms with Crippen LogP contribution in [0.15, 0.2) is 30.3 Å². The first kappa shape index (κ1) is 11.4. The number of rotatable bonds is 2. The molecule has 0 saturated carbocycles. The van der Waals surface area contributed by atoms with E-state index in [-0.39, 0.29) is 0 Å². The molecule has 0 unspecified atom stereocenters. The lowest BCUT2D eigenvalue weighted by Gasteiger charge is -1.96. The Labute approximate surface area is 103 Å². The maximum Gasteiger partial charge on any atom is 0.336 e. The number of hydrogen-bond donors (Lipinski definition) is 1. The molecule has 0 atom stereocenters. The van der Waals surface area contributed by atoms with Gasteiger partial charge >= 0.3 is 5.97 Å². The zero-order chi connectivity index (χ0) is 12.4. The van der Waals surface area contributed by atoms with Crippen molar-refractivity contribution in [3.05, 3.63) is 46.3 Å². The number of benzene rings is 1. The highest BCUT2D eigenvalue weighted by molar-refractivity contribution is 7.15. The van der Waals surface area contributed by atoms with Crippen molar-refractivity contribution in [2.45, 2.75) is 6.92 Å². The SMILES string of the molecule is Cc1sc(-c2cccc(C#N)c2)cc1C(=O)O. The van der Waals surface area contributed by atoms with Gasteiger partial charge in [0.15, 0.2) is 0 Å². The van der Waals surface area contributed by atoms with Crippen molar-refractivity contribution in [1.29, 1.82) is 5.26 Å². The molecule has 0 aliphatic rings. The number of carboxylic acid groups (broad SMARTS) is 1. The van der Waals surface area contributed by atoms with Gasteiger partial charge in [-0.25, -0.2) is 4.79 Å². The van der Waals surface area contributed by atoms with Crippen LogP contribution in [-0.4, -0.2) is 11.1 Å². The number of thiophene rings is 1. The number of nitriles is 1. The van der Waals surface area contributed by atoms with Crippen LogP contribution in [0.2, 0.25) is 0 Å². The van der Waals surface area contributed by atoms with Gasteiger partial charge in [-0.2, -0.15) is 5.26 Å². The van der Waals surface area contributed by atoms with Gasteiger partial charge in [0.2, 0.25) is 0 Å². The van der Waals surface area contributed by atoms with Crippen LogP contribution >= 0.6 is 11.3 Å². The van der Waals surface area contributed by atoms with Crippen LogP contribution < -0.4 is 0 Å². The van der Waals surface area contributed by atoms with E-state index in [1.54, 1.807) is 31.2 Å². The largest absolute Gasteiger partial charge is 0.478 e. The minimum atomic E-state index is -0.915. The van der Waals surface area contributed by atoms with Crippen LogP contribution in [0.25, 0.3) is 10.4 Å². The third-order valence-electron chi connectivity index (χ3n) is 2.42. The Kier molecular flexibility index (Phi) is 2.94. The van der Waals surface area contributed by atoms with Crippen LogP contribution in [0.1, 0.15) is 20.8 Å². The summed E-state index contributed by atoms with van der Waals surface area (Å²) in [4.78, 5) is 12.6. The summed E-state index contributed by atoms with van der Waals surface area (Å²) in [7, 11) is 0. The molecular weight excluding hydrogens is 234 g/mol. The second-order valence-electron chi connectivity index (χ2n) is 3.58. The van der Waals surface area contributed by atoms with Crippen molar-refractivity contribution in [3.63, 3.8) is 0 Å². The van der Waals surface area contributed by atoms with Crippen molar-refractivity contribution in [2.75, 3.05) is 0 Å². The highest BCUT2D eigenvalue weighted by Crippen LogP contribution is 2.31. The molecule has 1 heterocycles. The normalized spacial score (nSPS) is 9.88. The fourth-order valence-corrected chi connectivity index (χ4v) is 2.59. The molecule has 1 aromatic carbocycles. The van der Waals surface area contributed by atoms with Gasteiger partial charge in [-0.15, -0.1) is 11.3 Å². The number of carbonyl (C=O) groups is 1. The molecule has 0 radical (unpaired) electrons. The number of aryl methyl sites for hydroxylation is 1. The second-order valence-corrected chi connectivity index (χ2v) is 4.83. The van der Waals surface area contributed by atoms with E-state index in [2.05, 4.69) is 6.07 Å². The van der Waals surface area contributed by atoms with Crippen LogP contribution in [0.3, 0.4) is 0 Å². The van der Waals surface area contributed by atoms with Crippen molar-refractivity contribution < 1.29 is 9.90 Å². The van der Waals surface area contributed by atoms with Crippen LogP contribution in [0, 0.1) is 18.3 Å². The van der Waals surface area contributed by atoms with Crippen LogP contribution in [0.5, 0.6) is 0 Å². The van der Waals surface area contributed by atoms with E-state index < -0.39 is 5.97 Å². The Bertz CT molecular complexity index is 623. The first-order valence-corrected chi connectivity index (χ1v) is 5.77. The molecule has 2 aromatic rings.